The molecule has 0 aliphatic carbocycles. The Hall–Kier alpha value is -0.740. The summed E-state index contributed by atoms with van der Waals surface area (Å²) in [6.45, 7) is 8.63. The molecule has 0 rings (SSSR count). The standard InChI is InChI=1S/C30H52Br2O7/c1-7-37-27(33)17-15-23(3)11-9-13-25(21-31)19-29(35-5)39-30(36-6)20-26(22-32)14-10-12-24(4)16-18-28(34)38-8-2/h11-12,25-26,29-30H,7-10,13-22H2,1-6H3. The number of hydrogen-bond acceptors (Lipinski definition) is 7. The molecule has 4 atom stereocenters. The molecule has 0 amide bonds. The Morgan fingerprint density at radius 2 is 1.08 bits per heavy atom. The largest absolute Gasteiger partial charge is 0.466 e. The van der Waals surface area contributed by atoms with Gasteiger partial charge < -0.3 is 23.7 Å². The molecule has 0 bridgehead atoms. The Kier molecular flexibility index (Phi) is 24.5. The summed E-state index contributed by atoms with van der Waals surface area (Å²) in [5, 5.41) is 1.71. The summed E-state index contributed by atoms with van der Waals surface area (Å²) in [5.74, 6) is 0.486. The molecular weight excluding hydrogens is 632 g/mol. The molecule has 0 aliphatic heterocycles. The molecule has 0 aromatic carbocycles. The first kappa shape index (κ1) is 38.3. The van der Waals surface area contributed by atoms with Crippen molar-refractivity contribution in [3.8, 4) is 0 Å². The van der Waals surface area contributed by atoms with Crippen LogP contribution in [0.2, 0.25) is 0 Å². The van der Waals surface area contributed by atoms with Gasteiger partial charge in [-0.25, -0.2) is 0 Å². The van der Waals surface area contributed by atoms with Gasteiger partial charge in [0.15, 0.2) is 12.6 Å². The zero-order valence-corrected chi connectivity index (χ0v) is 28.1. The van der Waals surface area contributed by atoms with Crippen LogP contribution in [0.4, 0.5) is 0 Å². The van der Waals surface area contributed by atoms with Gasteiger partial charge in [-0.15, -0.1) is 0 Å². The smallest absolute Gasteiger partial charge is 0.306 e. The normalized spacial score (nSPS) is 15.5. The van der Waals surface area contributed by atoms with Crippen LogP contribution in [0.5, 0.6) is 0 Å². The van der Waals surface area contributed by atoms with Gasteiger partial charge in [0.2, 0.25) is 0 Å². The van der Waals surface area contributed by atoms with Crippen LogP contribution in [0.1, 0.15) is 91.9 Å². The van der Waals surface area contributed by atoms with E-state index in [0.29, 0.717) is 37.9 Å². The Labute approximate surface area is 254 Å². The molecule has 0 radical (unpaired) electrons. The van der Waals surface area contributed by atoms with Gasteiger partial charge in [0.25, 0.3) is 0 Å². The summed E-state index contributed by atoms with van der Waals surface area (Å²) in [4.78, 5) is 23.1. The van der Waals surface area contributed by atoms with Crippen molar-refractivity contribution in [2.45, 2.75) is 104 Å². The van der Waals surface area contributed by atoms with Crippen LogP contribution in [0, 0.1) is 11.8 Å². The Balaban J connectivity index is 4.65. The van der Waals surface area contributed by atoms with E-state index in [1.54, 1.807) is 14.2 Å². The number of carbonyl (C=O) groups is 2. The molecule has 0 saturated heterocycles. The summed E-state index contributed by atoms with van der Waals surface area (Å²) in [6, 6.07) is 0. The average Bonchev–Trinajstić information content (AvgIpc) is 2.92. The van der Waals surface area contributed by atoms with Crippen LogP contribution in [-0.2, 0) is 33.3 Å². The number of ether oxygens (including phenoxy) is 5. The quantitative estimate of drug-likeness (QED) is 0.0443. The molecule has 0 heterocycles. The third-order valence-electron chi connectivity index (χ3n) is 6.51. The molecule has 4 unspecified atom stereocenters. The van der Waals surface area contributed by atoms with Crippen molar-refractivity contribution >= 4 is 43.8 Å². The Bertz CT molecular complexity index is 653. The van der Waals surface area contributed by atoms with Crippen LogP contribution < -0.4 is 0 Å². The van der Waals surface area contributed by atoms with Crippen LogP contribution in [0.3, 0.4) is 0 Å². The van der Waals surface area contributed by atoms with Crippen molar-refractivity contribution in [3.63, 3.8) is 0 Å². The summed E-state index contributed by atoms with van der Waals surface area (Å²) in [7, 11) is 3.35. The molecule has 0 aromatic heterocycles. The second kappa shape index (κ2) is 25.0. The van der Waals surface area contributed by atoms with Gasteiger partial charge in [0.05, 0.1) is 13.2 Å². The zero-order chi connectivity index (χ0) is 29.5. The molecular formula is C30H52Br2O7. The van der Waals surface area contributed by atoms with E-state index in [9.17, 15) is 9.59 Å². The highest BCUT2D eigenvalue weighted by Gasteiger charge is 2.23. The van der Waals surface area contributed by atoms with Crippen LogP contribution in [0.15, 0.2) is 23.3 Å². The van der Waals surface area contributed by atoms with Crippen molar-refractivity contribution < 1.29 is 33.3 Å². The van der Waals surface area contributed by atoms with Gasteiger partial charge in [-0.3, -0.25) is 9.59 Å². The van der Waals surface area contributed by atoms with E-state index in [1.807, 2.05) is 13.8 Å². The van der Waals surface area contributed by atoms with Crippen molar-refractivity contribution in [1.82, 2.24) is 0 Å². The molecule has 39 heavy (non-hydrogen) atoms. The minimum absolute atomic E-state index is 0.142. The zero-order valence-electron chi connectivity index (χ0n) is 25.0. The van der Waals surface area contributed by atoms with Gasteiger partial charge in [-0.1, -0.05) is 55.2 Å². The molecule has 0 aromatic rings. The van der Waals surface area contributed by atoms with Gasteiger partial charge in [-0.05, 0) is 78.1 Å². The van der Waals surface area contributed by atoms with Gasteiger partial charge in [-0.2, -0.15) is 0 Å². The van der Waals surface area contributed by atoms with E-state index in [4.69, 9.17) is 23.7 Å². The maximum absolute atomic E-state index is 11.6. The highest BCUT2D eigenvalue weighted by Crippen LogP contribution is 2.24. The fourth-order valence-corrected chi connectivity index (χ4v) is 5.22. The Morgan fingerprint density at radius 1 is 0.692 bits per heavy atom. The molecule has 0 N–H and O–H groups in total. The second-order valence-corrected chi connectivity index (χ2v) is 11.1. The fourth-order valence-electron chi connectivity index (χ4n) is 4.04. The SMILES string of the molecule is CCOC(=O)CCC(C)=CCCC(CBr)CC(OC)OC(CC(CBr)CCC=C(C)CCC(=O)OCC)OC. The van der Waals surface area contributed by atoms with Crippen molar-refractivity contribution in [2.24, 2.45) is 11.8 Å². The van der Waals surface area contributed by atoms with E-state index < -0.39 is 0 Å². The number of rotatable bonds is 24. The van der Waals surface area contributed by atoms with E-state index in [2.05, 4.69) is 57.9 Å². The lowest BCUT2D eigenvalue weighted by Gasteiger charge is -2.27. The number of esters is 2. The number of methoxy groups -OCH3 is 2. The Morgan fingerprint density at radius 3 is 1.38 bits per heavy atom. The van der Waals surface area contributed by atoms with E-state index in [-0.39, 0.29) is 24.5 Å². The van der Waals surface area contributed by atoms with Crippen LogP contribution in [-0.4, -0.2) is 62.6 Å². The molecule has 0 spiro atoms. The number of allylic oxidation sites excluding steroid dienone is 4. The third kappa shape index (κ3) is 20.7. The molecule has 0 aliphatic rings. The summed E-state index contributed by atoms with van der Waals surface area (Å²) >= 11 is 7.30. The van der Waals surface area contributed by atoms with E-state index >= 15 is 0 Å². The fraction of sp³-hybridized carbons (Fsp3) is 0.800. The lowest BCUT2D eigenvalue weighted by Crippen LogP contribution is -2.29. The lowest BCUT2D eigenvalue weighted by molar-refractivity contribution is -0.238. The highest BCUT2D eigenvalue weighted by molar-refractivity contribution is 9.09. The van der Waals surface area contributed by atoms with E-state index in [0.717, 1.165) is 62.0 Å². The molecule has 9 heteroatoms. The first-order valence-corrected chi connectivity index (χ1v) is 16.4. The number of carbonyl (C=O) groups excluding carboxylic acids is 2. The van der Waals surface area contributed by atoms with Gasteiger partial charge in [0.1, 0.15) is 0 Å². The topological polar surface area (TPSA) is 80.3 Å². The maximum atomic E-state index is 11.6. The molecule has 7 nitrogen and oxygen atoms in total. The number of alkyl halides is 2. The first-order valence-electron chi connectivity index (χ1n) is 14.2. The van der Waals surface area contributed by atoms with E-state index in [1.165, 1.54) is 11.1 Å². The van der Waals surface area contributed by atoms with Crippen molar-refractivity contribution in [2.75, 3.05) is 38.1 Å². The predicted octanol–water partition coefficient (Wildman–Crippen LogP) is 7.89. The van der Waals surface area contributed by atoms with Gasteiger partial charge in [0, 0.05) is 50.6 Å². The monoisotopic (exact) mass is 682 g/mol. The van der Waals surface area contributed by atoms with Crippen LogP contribution >= 0.6 is 31.9 Å². The number of halogens is 2. The average molecular weight is 685 g/mol. The first-order chi connectivity index (χ1) is 18.7. The molecule has 228 valence electrons. The van der Waals surface area contributed by atoms with Crippen molar-refractivity contribution in [3.05, 3.63) is 23.3 Å². The summed E-state index contributed by atoms with van der Waals surface area (Å²) in [6.07, 6.45) is 11.4. The lowest BCUT2D eigenvalue weighted by atomic mass is 9.99. The van der Waals surface area contributed by atoms with Crippen molar-refractivity contribution in [1.29, 1.82) is 0 Å². The summed E-state index contributed by atoms with van der Waals surface area (Å²) < 4.78 is 27.6. The second-order valence-electron chi connectivity index (χ2n) is 9.84. The minimum Gasteiger partial charge on any atom is -0.466 e. The predicted molar refractivity (Wildman–Crippen MR) is 164 cm³/mol. The van der Waals surface area contributed by atoms with Crippen LogP contribution in [0.25, 0.3) is 0 Å². The molecule has 0 fully saturated rings. The van der Waals surface area contributed by atoms with Gasteiger partial charge >= 0.3 is 11.9 Å². The third-order valence-corrected chi connectivity index (χ3v) is 8.34. The minimum atomic E-state index is -0.354. The summed E-state index contributed by atoms with van der Waals surface area (Å²) in [5.41, 5.74) is 2.42. The maximum Gasteiger partial charge on any atom is 0.306 e. The highest BCUT2D eigenvalue weighted by atomic mass is 79.9. The number of hydrogen-bond donors (Lipinski definition) is 0. The molecule has 0 saturated carbocycles.